The zero-order valence-electron chi connectivity index (χ0n) is 17.2. The molecule has 0 spiro atoms. The topological polar surface area (TPSA) is 66.8 Å². The molecule has 148 valence electrons. The van der Waals surface area contributed by atoms with Crippen molar-refractivity contribution in [3.05, 3.63) is 23.3 Å². The molecule has 0 aliphatic heterocycles. The average Bonchev–Trinajstić information content (AvgIpc) is 2.51. The quantitative estimate of drug-likeness (QED) is 0.571. The minimum atomic E-state index is -0.668. The van der Waals surface area contributed by atoms with Gasteiger partial charge in [0.05, 0.1) is 12.2 Å². The highest BCUT2D eigenvalue weighted by Crippen LogP contribution is 2.60. The van der Waals surface area contributed by atoms with Crippen molar-refractivity contribution in [2.45, 2.75) is 79.4 Å². The Hall–Kier alpha value is -1.13. The maximum Gasteiger partial charge on any atom is 0.302 e. The summed E-state index contributed by atoms with van der Waals surface area (Å²) in [6, 6.07) is 0. The maximum absolute atomic E-state index is 10.9. The van der Waals surface area contributed by atoms with Crippen molar-refractivity contribution in [2.24, 2.45) is 22.7 Å². The number of aliphatic hydroxyl groups excluding tert-OH is 2. The van der Waals surface area contributed by atoms with Gasteiger partial charge in [0.1, 0.15) is 6.61 Å². The van der Waals surface area contributed by atoms with Crippen LogP contribution in [0.1, 0.15) is 67.2 Å². The van der Waals surface area contributed by atoms with E-state index in [0.29, 0.717) is 24.9 Å². The minimum Gasteiger partial charge on any atom is -0.462 e. The highest BCUT2D eigenvalue weighted by molar-refractivity contribution is 5.66. The normalized spacial score (nSPS) is 36.9. The van der Waals surface area contributed by atoms with Gasteiger partial charge in [-0.2, -0.15) is 0 Å². The Bertz CT molecular complexity index is 589. The van der Waals surface area contributed by atoms with Gasteiger partial charge in [-0.15, -0.1) is 0 Å². The van der Waals surface area contributed by atoms with Crippen LogP contribution in [0.2, 0.25) is 0 Å². The van der Waals surface area contributed by atoms with E-state index in [-0.39, 0.29) is 16.8 Å². The number of fused-ring (bicyclic) bond motifs is 1. The zero-order chi connectivity index (χ0) is 19.7. The first-order chi connectivity index (χ1) is 12.0. The molecule has 2 aliphatic rings. The molecule has 26 heavy (non-hydrogen) atoms. The van der Waals surface area contributed by atoms with Gasteiger partial charge in [-0.25, -0.2) is 0 Å². The number of esters is 1. The summed E-state index contributed by atoms with van der Waals surface area (Å²) in [6.45, 7) is 12.5. The second-order valence-corrected chi connectivity index (χ2v) is 9.22. The number of aliphatic hydroxyl groups is 2. The van der Waals surface area contributed by atoms with E-state index in [0.717, 1.165) is 19.3 Å². The summed E-state index contributed by atoms with van der Waals surface area (Å²) in [4.78, 5) is 10.9. The summed E-state index contributed by atoms with van der Waals surface area (Å²) >= 11 is 0. The Morgan fingerprint density at radius 3 is 2.58 bits per heavy atom. The van der Waals surface area contributed by atoms with Gasteiger partial charge in [0.2, 0.25) is 0 Å². The Labute approximate surface area is 158 Å². The second-order valence-electron chi connectivity index (χ2n) is 9.22. The number of carbonyl (C=O) groups excluding carboxylic acids is 1. The van der Waals surface area contributed by atoms with Crippen molar-refractivity contribution in [1.29, 1.82) is 0 Å². The molecule has 0 aromatic carbocycles. The first-order valence-corrected chi connectivity index (χ1v) is 9.82. The van der Waals surface area contributed by atoms with Crippen LogP contribution in [0.25, 0.3) is 0 Å². The third-order valence-corrected chi connectivity index (χ3v) is 7.04. The first kappa shape index (κ1) is 21.2. The SMILES string of the molecule is CC(=O)OC/C=C(\C)CC[C@@H]1C(C)=CC[C@@H]2C(C)(C)[C@@H](O)[C@@H](O)C[C@]12C. The van der Waals surface area contributed by atoms with Crippen molar-refractivity contribution >= 4 is 5.97 Å². The number of hydrogen-bond donors (Lipinski definition) is 2. The Morgan fingerprint density at radius 2 is 1.96 bits per heavy atom. The van der Waals surface area contributed by atoms with Gasteiger partial charge in [0.15, 0.2) is 0 Å². The first-order valence-electron chi connectivity index (χ1n) is 9.82. The van der Waals surface area contributed by atoms with Crippen molar-refractivity contribution in [3.8, 4) is 0 Å². The third-order valence-electron chi connectivity index (χ3n) is 7.04. The largest absolute Gasteiger partial charge is 0.462 e. The molecule has 0 bridgehead atoms. The molecule has 2 aliphatic carbocycles. The molecule has 4 heteroatoms. The lowest BCUT2D eigenvalue weighted by molar-refractivity contribution is -0.174. The van der Waals surface area contributed by atoms with Crippen molar-refractivity contribution in [3.63, 3.8) is 0 Å². The van der Waals surface area contributed by atoms with E-state index >= 15 is 0 Å². The monoisotopic (exact) mass is 364 g/mol. The number of ether oxygens (including phenoxy) is 1. The van der Waals surface area contributed by atoms with Gasteiger partial charge >= 0.3 is 5.97 Å². The molecule has 0 saturated heterocycles. The van der Waals surface area contributed by atoms with E-state index in [9.17, 15) is 15.0 Å². The van der Waals surface area contributed by atoms with Gasteiger partial charge in [0.25, 0.3) is 0 Å². The van der Waals surface area contributed by atoms with E-state index in [1.165, 1.54) is 18.1 Å². The van der Waals surface area contributed by atoms with Gasteiger partial charge in [-0.1, -0.05) is 38.0 Å². The van der Waals surface area contributed by atoms with E-state index in [2.05, 4.69) is 40.7 Å². The number of carbonyl (C=O) groups is 1. The fourth-order valence-electron chi connectivity index (χ4n) is 5.51. The van der Waals surface area contributed by atoms with Crippen LogP contribution in [-0.4, -0.2) is 35.0 Å². The molecule has 2 N–H and O–H groups in total. The number of rotatable bonds is 5. The molecule has 1 fully saturated rings. The average molecular weight is 365 g/mol. The van der Waals surface area contributed by atoms with Crippen LogP contribution < -0.4 is 0 Å². The molecule has 0 aromatic rings. The van der Waals surface area contributed by atoms with Crippen LogP contribution >= 0.6 is 0 Å². The van der Waals surface area contributed by atoms with Crippen LogP contribution in [-0.2, 0) is 9.53 Å². The fourth-order valence-corrected chi connectivity index (χ4v) is 5.51. The summed E-state index contributed by atoms with van der Waals surface area (Å²) < 4.78 is 5.00. The summed E-state index contributed by atoms with van der Waals surface area (Å²) in [5.74, 6) is 0.486. The Morgan fingerprint density at radius 1 is 1.31 bits per heavy atom. The summed E-state index contributed by atoms with van der Waals surface area (Å²) in [7, 11) is 0. The van der Waals surface area contributed by atoms with Gasteiger partial charge in [-0.05, 0) is 68.3 Å². The third kappa shape index (κ3) is 4.07. The minimum absolute atomic E-state index is 0.0167. The van der Waals surface area contributed by atoms with Crippen molar-refractivity contribution in [1.82, 2.24) is 0 Å². The predicted molar refractivity (Wildman–Crippen MR) is 103 cm³/mol. The standard InChI is InChI=1S/C22H36O4/c1-14(11-12-26-16(3)23)7-9-17-15(2)8-10-19-21(4,5)20(25)18(24)13-22(17,19)6/h8,11,17-20,24-25H,7,9-10,12-13H2,1-6H3/b14-11+/t17-,18+,19-,20+,22-/m1/s1. The highest BCUT2D eigenvalue weighted by atomic mass is 16.5. The molecular weight excluding hydrogens is 328 g/mol. The molecule has 0 amide bonds. The molecule has 0 unspecified atom stereocenters. The van der Waals surface area contributed by atoms with Gasteiger partial charge < -0.3 is 14.9 Å². The lowest BCUT2D eigenvalue weighted by atomic mass is 9.47. The Balaban J connectivity index is 2.16. The molecular formula is C22H36O4. The second kappa shape index (κ2) is 7.85. The van der Waals surface area contributed by atoms with E-state index < -0.39 is 12.2 Å². The highest BCUT2D eigenvalue weighted by Gasteiger charge is 2.57. The van der Waals surface area contributed by atoms with Crippen LogP contribution in [0.15, 0.2) is 23.3 Å². The number of allylic oxidation sites excluding steroid dienone is 3. The molecule has 0 heterocycles. The van der Waals surface area contributed by atoms with Crippen molar-refractivity contribution in [2.75, 3.05) is 6.61 Å². The van der Waals surface area contributed by atoms with Crippen molar-refractivity contribution < 1.29 is 19.7 Å². The van der Waals surface area contributed by atoms with E-state index in [4.69, 9.17) is 4.74 Å². The molecule has 5 atom stereocenters. The van der Waals surface area contributed by atoms with Crippen LogP contribution in [0.5, 0.6) is 0 Å². The molecule has 0 radical (unpaired) electrons. The van der Waals surface area contributed by atoms with Crippen LogP contribution in [0, 0.1) is 22.7 Å². The van der Waals surface area contributed by atoms with E-state index in [1.54, 1.807) is 0 Å². The van der Waals surface area contributed by atoms with E-state index in [1.807, 2.05) is 6.08 Å². The lowest BCUT2D eigenvalue weighted by Crippen LogP contribution is -2.59. The van der Waals surface area contributed by atoms with Crippen LogP contribution in [0.4, 0.5) is 0 Å². The molecule has 0 aromatic heterocycles. The van der Waals surface area contributed by atoms with Gasteiger partial charge in [-0.3, -0.25) is 4.79 Å². The smallest absolute Gasteiger partial charge is 0.302 e. The number of hydrogen-bond acceptors (Lipinski definition) is 4. The Kier molecular flexibility index (Phi) is 6.40. The fraction of sp³-hybridized carbons (Fsp3) is 0.773. The molecule has 4 nitrogen and oxygen atoms in total. The summed E-state index contributed by atoms with van der Waals surface area (Å²) in [5, 5.41) is 21.1. The zero-order valence-corrected chi connectivity index (χ0v) is 17.2. The molecule has 2 rings (SSSR count). The maximum atomic E-state index is 10.9. The lowest BCUT2D eigenvalue weighted by Gasteiger charge is -2.59. The van der Waals surface area contributed by atoms with Crippen LogP contribution in [0.3, 0.4) is 0 Å². The predicted octanol–water partition coefficient (Wildman–Crippen LogP) is 4.02. The summed E-state index contributed by atoms with van der Waals surface area (Å²) in [5.41, 5.74) is 2.30. The summed E-state index contributed by atoms with van der Waals surface area (Å²) in [6.07, 6.45) is 6.55. The molecule has 1 saturated carbocycles. The van der Waals surface area contributed by atoms with Gasteiger partial charge in [0, 0.05) is 6.92 Å².